The van der Waals surface area contributed by atoms with Crippen molar-refractivity contribution in [3.05, 3.63) is 65.7 Å². The van der Waals surface area contributed by atoms with Gasteiger partial charge in [0.25, 0.3) is 0 Å². The predicted molar refractivity (Wildman–Crippen MR) is 82.8 cm³/mol. The number of carbonyl (C=O) groups is 1. The van der Waals surface area contributed by atoms with Crippen molar-refractivity contribution in [1.29, 1.82) is 0 Å². The molecule has 1 atom stereocenters. The number of ether oxygens (including phenoxy) is 1. The summed E-state index contributed by atoms with van der Waals surface area (Å²) in [6, 6.07) is 17.8. The van der Waals surface area contributed by atoms with Crippen LogP contribution in [-0.2, 0) is 6.42 Å². The molecule has 0 bridgehead atoms. The Morgan fingerprint density at radius 3 is 2.67 bits per heavy atom. The predicted octanol–water partition coefficient (Wildman–Crippen LogP) is 2.71. The lowest BCUT2D eigenvalue weighted by Crippen LogP contribution is -2.36. The normalized spacial score (nSPS) is 17.1. The van der Waals surface area contributed by atoms with Gasteiger partial charge in [-0.05, 0) is 30.7 Å². The fraction of sp³-hybridized carbons (Fsp3) is 0.278. The molecule has 1 aliphatic rings. The Balaban J connectivity index is 1.50. The van der Waals surface area contributed by atoms with E-state index in [1.165, 1.54) is 5.56 Å². The quantitative estimate of drug-likeness (QED) is 0.856. The second-order valence-electron chi connectivity index (χ2n) is 5.31. The highest BCUT2D eigenvalue weighted by Gasteiger charge is 2.27. The summed E-state index contributed by atoms with van der Waals surface area (Å²) < 4.78 is 5.66. The van der Waals surface area contributed by atoms with Gasteiger partial charge in [0.1, 0.15) is 5.75 Å². The Morgan fingerprint density at radius 1 is 1.05 bits per heavy atom. The summed E-state index contributed by atoms with van der Waals surface area (Å²) >= 11 is 0. The Morgan fingerprint density at radius 2 is 1.81 bits per heavy atom. The molecule has 0 aromatic heterocycles. The molecule has 0 aliphatic carbocycles. The Bertz CT molecular complexity index is 610. The van der Waals surface area contributed by atoms with Crippen LogP contribution >= 0.6 is 0 Å². The van der Waals surface area contributed by atoms with Crippen LogP contribution in [0.2, 0.25) is 0 Å². The maximum Gasteiger partial charge on any atom is 0.174 e. The monoisotopic (exact) mass is 281 g/mol. The average molecular weight is 281 g/mol. The summed E-state index contributed by atoms with van der Waals surface area (Å²) in [5.74, 6) is 0.808. The first-order chi connectivity index (χ1) is 10.3. The fourth-order valence-electron chi connectivity index (χ4n) is 2.59. The van der Waals surface area contributed by atoms with Crippen LogP contribution in [0.5, 0.6) is 5.75 Å². The molecule has 0 fully saturated rings. The minimum Gasteiger partial charge on any atom is -0.492 e. The Kier molecular flexibility index (Phi) is 4.31. The summed E-state index contributed by atoms with van der Waals surface area (Å²) in [7, 11) is 0. The highest BCUT2D eigenvalue weighted by atomic mass is 16.5. The molecule has 1 heterocycles. The van der Waals surface area contributed by atoms with Gasteiger partial charge in [-0.2, -0.15) is 0 Å². The highest BCUT2D eigenvalue weighted by Crippen LogP contribution is 2.26. The minimum absolute atomic E-state index is 0.0873. The van der Waals surface area contributed by atoms with E-state index in [1.54, 1.807) is 0 Å². The van der Waals surface area contributed by atoms with Gasteiger partial charge in [0.2, 0.25) is 0 Å². The van der Waals surface area contributed by atoms with E-state index in [9.17, 15) is 4.79 Å². The van der Waals surface area contributed by atoms with Gasteiger partial charge in [-0.1, -0.05) is 42.5 Å². The van der Waals surface area contributed by atoms with Gasteiger partial charge < -0.3 is 10.1 Å². The van der Waals surface area contributed by atoms with Crippen LogP contribution in [0, 0.1) is 5.92 Å². The van der Waals surface area contributed by atoms with Crippen LogP contribution in [-0.4, -0.2) is 25.5 Å². The summed E-state index contributed by atoms with van der Waals surface area (Å²) in [5.41, 5.74) is 2.01. The molecule has 2 aromatic carbocycles. The smallest absolute Gasteiger partial charge is 0.174 e. The lowest BCUT2D eigenvalue weighted by atomic mass is 9.95. The molecule has 21 heavy (non-hydrogen) atoms. The topological polar surface area (TPSA) is 38.3 Å². The van der Waals surface area contributed by atoms with Crippen LogP contribution < -0.4 is 10.1 Å². The van der Waals surface area contributed by atoms with E-state index < -0.39 is 0 Å². The molecule has 0 amide bonds. The van der Waals surface area contributed by atoms with Crippen molar-refractivity contribution in [2.75, 3.05) is 19.7 Å². The van der Waals surface area contributed by atoms with Crippen molar-refractivity contribution in [2.45, 2.75) is 6.42 Å². The molecule has 0 saturated heterocycles. The second-order valence-corrected chi connectivity index (χ2v) is 5.31. The largest absolute Gasteiger partial charge is 0.492 e. The maximum atomic E-state index is 12.4. The first kappa shape index (κ1) is 13.8. The number of para-hydroxylation sites is 1. The van der Waals surface area contributed by atoms with Gasteiger partial charge in [0, 0.05) is 6.54 Å². The van der Waals surface area contributed by atoms with E-state index in [-0.39, 0.29) is 11.7 Å². The lowest BCUT2D eigenvalue weighted by Gasteiger charge is -2.24. The highest BCUT2D eigenvalue weighted by molar-refractivity contribution is 6.01. The van der Waals surface area contributed by atoms with Crippen molar-refractivity contribution < 1.29 is 9.53 Å². The van der Waals surface area contributed by atoms with E-state index >= 15 is 0 Å². The van der Waals surface area contributed by atoms with E-state index in [2.05, 4.69) is 17.4 Å². The van der Waals surface area contributed by atoms with E-state index in [0.717, 1.165) is 13.0 Å². The Labute approximate surface area is 124 Å². The number of fused-ring (bicyclic) bond motifs is 1. The molecule has 0 unspecified atom stereocenters. The Hall–Kier alpha value is -2.13. The van der Waals surface area contributed by atoms with E-state index in [4.69, 9.17) is 4.74 Å². The molecule has 1 N–H and O–H groups in total. The molecule has 0 spiro atoms. The van der Waals surface area contributed by atoms with Crippen LogP contribution in [0.3, 0.4) is 0 Å². The molecule has 108 valence electrons. The summed E-state index contributed by atoms with van der Waals surface area (Å²) in [6.45, 7) is 2.00. The number of Topliss-reactive ketones (excluding diaryl/α,β-unsaturated/α-hetero) is 1. The van der Waals surface area contributed by atoms with Crippen molar-refractivity contribution in [3.63, 3.8) is 0 Å². The van der Waals surface area contributed by atoms with Crippen LogP contribution in [0.25, 0.3) is 0 Å². The first-order valence-corrected chi connectivity index (χ1v) is 7.35. The van der Waals surface area contributed by atoms with Gasteiger partial charge in [-0.25, -0.2) is 0 Å². The molecule has 2 aromatic rings. The molecule has 0 saturated carbocycles. The van der Waals surface area contributed by atoms with Gasteiger partial charge in [-0.15, -0.1) is 0 Å². The number of rotatable bonds is 5. The SMILES string of the molecule is O=C1c2ccccc2OC[C@@H]1CNCCc1ccccc1. The third kappa shape index (κ3) is 3.31. The van der Waals surface area contributed by atoms with Crippen molar-refractivity contribution in [1.82, 2.24) is 5.32 Å². The molecule has 3 heteroatoms. The van der Waals surface area contributed by atoms with Gasteiger partial charge in [0.15, 0.2) is 5.78 Å². The number of nitrogens with one attached hydrogen (secondary N) is 1. The molecule has 3 nitrogen and oxygen atoms in total. The van der Waals surface area contributed by atoms with Gasteiger partial charge >= 0.3 is 0 Å². The molecular formula is C18H19NO2. The number of hydrogen-bond acceptors (Lipinski definition) is 3. The van der Waals surface area contributed by atoms with Crippen molar-refractivity contribution in [2.24, 2.45) is 5.92 Å². The zero-order valence-corrected chi connectivity index (χ0v) is 11.9. The van der Waals surface area contributed by atoms with Crippen molar-refractivity contribution >= 4 is 5.78 Å². The molecule has 3 rings (SSSR count). The zero-order chi connectivity index (χ0) is 14.5. The number of hydrogen-bond donors (Lipinski definition) is 1. The lowest BCUT2D eigenvalue weighted by molar-refractivity contribution is 0.0830. The maximum absolute atomic E-state index is 12.4. The average Bonchev–Trinajstić information content (AvgIpc) is 2.55. The van der Waals surface area contributed by atoms with Crippen molar-refractivity contribution in [3.8, 4) is 5.75 Å². The summed E-state index contributed by atoms with van der Waals surface area (Å²) in [4.78, 5) is 12.4. The summed E-state index contributed by atoms with van der Waals surface area (Å²) in [6.07, 6.45) is 0.971. The van der Waals surface area contributed by atoms with E-state index in [1.807, 2.05) is 42.5 Å². The number of benzene rings is 2. The zero-order valence-electron chi connectivity index (χ0n) is 11.9. The third-order valence-corrected chi connectivity index (χ3v) is 3.79. The van der Waals surface area contributed by atoms with Crippen LogP contribution in [0.4, 0.5) is 0 Å². The first-order valence-electron chi connectivity index (χ1n) is 7.35. The van der Waals surface area contributed by atoms with Gasteiger partial charge in [-0.3, -0.25) is 4.79 Å². The fourth-order valence-corrected chi connectivity index (χ4v) is 2.59. The second kappa shape index (κ2) is 6.55. The standard InChI is InChI=1S/C18H19NO2/c20-18-15(13-21-17-9-5-4-8-16(17)18)12-19-11-10-14-6-2-1-3-7-14/h1-9,15,19H,10-13H2/t15-/m0/s1. The van der Waals surface area contributed by atoms with Crippen LogP contribution in [0.15, 0.2) is 54.6 Å². The number of ketones is 1. The molecule has 0 radical (unpaired) electrons. The summed E-state index contributed by atoms with van der Waals surface area (Å²) in [5, 5.41) is 3.36. The van der Waals surface area contributed by atoms with Gasteiger partial charge in [0.05, 0.1) is 18.1 Å². The van der Waals surface area contributed by atoms with Crippen LogP contribution in [0.1, 0.15) is 15.9 Å². The number of carbonyl (C=O) groups excluding carboxylic acids is 1. The molecule has 1 aliphatic heterocycles. The third-order valence-electron chi connectivity index (χ3n) is 3.79. The molecular weight excluding hydrogens is 262 g/mol. The van der Waals surface area contributed by atoms with E-state index in [0.29, 0.717) is 24.5 Å². The minimum atomic E-state index is -0.0873.